The van der Waals surface area contributed by atoms with Crippen molar-refractivity contribution in [1.82, 2.24) is 36.8 Å². The van der Waals surface area contributed by atoms with Crippen LogP contribution in [0.5, 0.6) is 0 Å². The Hall–Kier alpha value is -2.83. The van der Waals surface area contributed by atoms with Gasteiger partial charge < -0.3 is 52.4 Å². The van der Waals surface area contributed by atoms with Gasteiger partial charge in [0.25, 0.3) is 0 Å². The maximum atomic E-state index is 13.7. The molecule has 17 heteroatoms. The monoisotopic (exact) mass is 849 g/mol. The lowest BCUT2D eigenvalue weighted by molar-refractivity contribution is -0.187. The summed E-state index contributed by atoms with van der Waals surface area (Å²) in [4.78, 5) is 69.7. The number of piperazine rings is 1. The van der Waals surface area contributed by atoms with Crippen LogP contribution < -0.4 is 37.6 Å². The van der Waals surface area contributed by atoms with Crippen molar-refractivity contribution in [3.63, 3.8) is 0 Å². The van der Waals surface area contributed by atoms with Crippen molar-refractivity contribution in [3.05, 3.63) is 0 Å². The van der Waals surface area contributed by atoms with Gasteiger partial charge in [-0.25, -0.2) is 0 Å². The van der Waals surface area contributed by atoms with Crippen molar-refractivity contribution >= 4 is 36.7 Å². The fraction of sp³-hybridized carbons (Fsp3) is 0.884. The molecule has 4 aliphatic rings. The second kappa shape index (κ2) is 24.7. The van der Waals surface area contributed by atoms with Crippen molar-refractivity contribution in [1.29, 1.82) is 0 Å². The standard InChI is InChI=1S/C43H81BN8O8/c1-9-11-12-13-14-17-24-52-25-23-46-34(27-52)40(57)50-33(19-15-16-22-45)39(56)51-36(29(4)53)41(58)47-28(3)37(54)49-32(18-10-2)38(55)48-30(5)44(59)60-43(8)21-20-31-26-35(43)42(31,6)7/h28-36,46,53,59H,9-27,45H2,1-8H3,(H,47,58)(H,48,55)(H,49,54)(H,50,57)(H,51,56). The molecule has 0 radical (unpaired) electrons. The van der Waals surface area contributed by atoms with Crippen LogP contribution >= 0.6 is 0 Å². The maximum Gasteiger partial charge on any atom is 0.478 e. The lowest BCUT2D eigenvalue weighted by Gasteiger charge is -2.64. The summed E-state index contributed by atoms with van der Waals surface area (Å²) < 4.78 is 6.24. The molecule has 0 spiro atoms. The molecule has 0 aromatic heterocycles. The third-order valence-corrected chi connectivity index (χ3v) is 13.4. The van der Waals surface area contributed by atoms with Gasteiger partial charge in [-0.05, 0) is 109 Å². The number of carbonyl (C=O) groups excluding carboxylic acids is 5. The van der Waals surface area contributed by atoms with Crippen molar-refractivity contribution < 1.29 is 38.8 Å². The van der Waals surface area contributed by atoms with E-state index in [-0.39, 0.29) is 17.7 Å². The molecule has 1 heterocycles. The molecule has 1 saturated heterocycles. The molecule has 60 heavy (non-hydrogen) atoms. The summed E-state index contributed by atoms with van der Waals surface area (Å²) in [5, 5.41) is 38.5. The molecular formula is C43H81BN8O8. The van der Waals surface area contributed by atoms with E-state index in [1.807, 2.05) is 13.8 Å². The number of hydrogen-bond donors (Lipinski definition) is 9. The van der Waals surface area contributed by atoms with Crippen LogP contribution in [-0.2, 0) is 28.6 Å². The van der Waals surface area contributed by atoms with Gasteiger partial charge in [-0.2, -0.15) is 0 Å². The molecule has 4 rings (SSSR count). The molecule has 10 N–H and O–H groups in total. The highest BCUT2D eigenvalue weighted by molar-refractivity contribution is 6.45. The van der Waals surface area contributed by atoms with Gasteiger partial charge >= 0.3 is 7.12 Å². The van der Waals surface area contributed by atoms with Gasteiger partial charge in [0.15, 0.2) is 0 Å². The van der Waals surface area contributed by atoms with Crippen LogP contribution in [0.1, 0.15) is 145 Å². The number of nitrogens with one attached hydrogen (secondary N) is 6. The molecule has 0 aromatic carbocycles. The first kappa shape index (κ1) is 51.5. The first-order valence-electron chi connectivity index (χ1n) is 23.1. The number of unbranched alkanes of at least 4 members (excludes halogenated alkanes) is 6. The van der Waals surface area contributed by atoms with Crippen LogP contribution in [-0.4, -0.2) is 132 Å². The van der Waals surface area contributed by atoms with Gasteiger partial charge in [-0.1, -0.05) is 66.2 Å². The van der Waals surface area contributed by atoms with Crippen LogP contribution in [0.4, 0.5) is 0 Å². The number of nitrogens with two attached hydrogens (primary N) is 1. The Kier molecular flexibility index (Phi) is 21.2. The Balaban J connectivity index is 1.55. The number of amides is 5. The van der Waals surface area contributed by atoms with Crippen LogP contribution in [0.2, 0.25) is 0 Å². The van der Waals surface area contributed by atoms with Gasteiger partial charge in [0.1, 0.15) is 24.2 Å². The first-order chi connectivity index (χ1) is 28.4. The Bertz CT molecular complexity index is 1390. The fourth-order valence-corrected chi connectivity index (χ4v) is 9.31. The topological polar surface area (TPSA) is 236 Å². The van der Waals surface area contributed by atoms with E-state index in [2.05, 4.69) is 57.6 Å². The normalized spacial score (nSPS) is 25.3. The summed E-state index contributed by atoms with van der Waals surface area (Å²) in [6.45, 7) is 18.4. The predicted molar refractivity (Wildman–Crippen MR) is 234 cm³/mol. The zero-order chi connectivity index (χ0) is 44.6. The summed E-state index contributed by atoms with van der Waals surface area (Å²) in [6.07, 6.45) is 11.0. The lowest BCUT2D eigenvalue weighted by atomic mass is 9.44. The number of aliphatic hydroxyl groups excluding tert-OH is 1. The van der Waals surface area contributed by atoms with Gasteiger partial charge in [-0.3, -0.25) is 28.9 Å². The Morgan fingerprint density at radius 1 is 0.833 bits per heavy atom. The summed E-state index contributed by atoms with van der Waals surface area (Å²) in [6, 6.07) is -5.05. The summed E-state index contributed by atoms with van der Waals surface area (Å²) in [7, 11) is -1.25. The molecule has 3 saturated carbocycles. The lowest BCUT2D eigenvalue weighted by Crippen LogP contribution is -2.64. The smallest absolute Gasteiger partial charge is 0.426 e. The van der Waals surface area contributed by atoms with E-state index in [0.717, 1.165) is 45.2 Å². The van der Waals surface area contributed by atoms with Crippen LogP contribution in [0.25, 0.3) is 0 Å². The number of aliphatic hydroxyl groups is 1. The molecule has 4 fully saturated rings. The Morgan fingerprint density at radius 2 is 1.50 bits per heavy atom. The molecular weight excluding hydrogens is 767 g/mol. The molecule has 0 aromatic rings. The first-order valence-corrected chi connectivity index (χ1v) is 23.1. The average molecular weight is 849 g/mol. The van der Waals surface area contributed by atoms with Crippen molar-refractivity contribution in [2.45, 2.75) is 193 Å². The highest BCUT2D eigenvalue weighted by Crippen LogP contribution is 2.63. The van der Waals surface area contributed by atoms with Crippen LogP contribution in [0.15, 0.2) is 0 Å². The van der Waals surface area contributed by atoms with E-state index >= 15 is 0 Å². The summed E-state index contributed by atoms with van der Waals surface area (Å²) in [5.41, 5.74) is 5.34. The minimum absolute atomic E-state index is 0.134. The second-order valence-electron chi connectivity index (χ2n) is 18.7. The number of hydrogen-bond acceptors (Lipinski definition) is 11. The minimum Gasteiger partial charge on any atom is -0.426 e. The summed E-state index contributed by atoms with van der Waals surface area (Å²) >= 11 is 0. The maximum absolute atomic E-state index is 13.7. The fourth-order valence-electron chi connectivity index (χ4n) is 9.31. The van der Waals surface area contributed by atoms with Gasteiger partial charge in [0.05, 0.1) is 23.7 Å². The van der Waals surface area contributed by atoms with Crippen molar-refractivity contribution in [3.8, 4) is 0 Å². The predicted octanol–water partition coefficient (Wildman–Crippen LogP) is 1.65. The highest BCUT2D eigenvalue weighted by Gasteiger charge is 2.60. The Labute approximate surface area is 360 Å². The third-order valence-electron chi connectivity index (χ3n) is 13.4. The van der Waals surface area contributed by atoms with E-state index in [9.17, 15) is 34.1 Å². The largest absolute Gasteiger partial charge is 0.478 e. The molecule has 10 atom stereocenters. The number of nitrogens with zero attached hydrogens (tertiary/aromatic N) is 1. The van der Waals surface area contributed by atoms with E-state index < -0.39 is 78.6 Å². The Morgan fingerprint density at radius 3 is 2.13 bits per heavy atom. The minimum atomic E-state index is -1.44. The molecule has 344 valence electrons. The van der Waals surface area contributed by atoms with Crippen molar-refractivity contribution in [2.24, 2.45) is 23.0 Å². The number of fused-ring (bicyclic) bond motifs is 2. The van der Waals surface area contributed by atoms with Gasteiger partial charge in [0, 0.05) is 19.6 Å². The average Bonchev–Trinajstić information content (AvgIpc) is 3.19. The molecule has 5 amide bonds. The van der Waals surface area contributed by atoms with Gasteiger partial charge in [-0.15, -0.1) is 0 Å². The second-order valence-corrected chi connectivity index (χ2v) is 18.7. The van der Waals surface area contributed by atoms with Gasteiger partial charge in [0.2, 0.25) is 29.5 Å². The zero-order valence-electron chi connectivity index (χ0n) is 38.1. The number of carbonyl (C=O) groups is 5. The molecule has 2 bridgehead atoms. The SMILES string of the molecule is CCCCCCCCN1CCNC(C(=O)NC(CCCCN)C(=O)NC(C(=O)NC(C)C(=O)NC(CCC)C(=O)NC(C)B(O)OC2(C)CCC3CC2C3(C)C)C(C)O)C1. The van der Waals surface area contributed by atoms with Crippen LogP contribution in [0, 0.1) is 17.3 Å². The molecule has 10 unspecified atom stereocenters. The molecule has 16 nitrogen and oxygen atoms in total. The van der Waals surface area contributed by atoms with Crippen LogP contribution in [0.3, 0.4) is 0 Å². The van der Waals surface area contributed by atoms with E-state index in [1.165, 1.54) is 39.5 Å². The molecule has 1 aliphatic heterocycles. The quantitative estimate of drug-likeness (QED) is 0.0426. The van der Waals surface area contributed by atoms with E-state index in [1.54, 1.807) is 6.92 Å². The molecule has 3 aliphatic carbocycles. The van der Waals surface area contributed by atoms with E-state index in [0.29, 0.717) is 57.2 Å². The summed E-state index contributed by atoms with van der Waals surface area (Å²) in [5.74, 6) is -2.70. The van der Waals surface area contributed by atoms with E-state index in [4.69, 9.17) is 10.4 Å². The number of rotatable bonds is 27. The van der Waals surface area contributed by atoms with Crippen molar-refractivity contribution in [2.75, 3.05) is 32.7 Å². The third kappa shape index (κ3) is 14.9. The highest BCUT2D eigenvalue weighted by atomic mass is 16.5. The zero-order valence-corrected chi connectivity index (χ0v) is 38.1.